The van der Waals surface area contributed by atoms with Gasteiger partial charge >= 0.3 is 0 Å². The highest BCUT2D eigenvalue weighted by Gasteiger charge is 2.41. The summed E-state index contributed by atoms with van der Waals surface area (Å²) in [5, 5.41) is 9.11. The predicted octanol–water partition coefficient (Wildman–Crippen LogP) is 8.64. The van der Waals surface area contributed by atoms with Gasteiger partial charge in [0.1, 0.15) is 0 Å². The molecule has 3 aliphatic rings. The Morgan fingerprint density at radius 1 is 0.600 bits per heavy atom. The van der Waals surface area contributed by atoms with E-state index in [0.717, 1.165) is 53.8 Å². The summed E-state index contributed by atoms with van der Waals surface area (Å²) < 4.78 is 0. The van der Waals surface area contributed by atoms with E-state index in [2.05, 4.69) is 20.8 Å². The molecular formula is C29H54O. The van der Waals surface area contributed by atoms with E-state index in [1.807, 2.05) is 0 Å². The van der Waals surface area contributed by atoms with Crippen molar-refractivity contribution >= 4 is 0 Å². The molecule has 30 heavy (non-hydrogen) atoms. The Labute approximate surface area is 189 Å². The van der Waals surface area contributed by atoms with Gasteiger partial charge in [-0.3, -0.25) is 0 Å². The van der Waals surface area contributed by atoms with Crippen molar-refractivity contribution in [1.82, 2.24) is 0 Å². The normalized spacial score (nSPS) is 40.4. The number of hydrogen-bond acceptors (Lipinski definition) is 1. The largest absolute Gasteiger partial charge is 0.396 e. The van der Waals surface area contributed by atoms with E-state index in [1.165, 1.54) is 70.6 Å². The zero-order chi connectivity index (χ0) is 21.3. The van der Waals surface area contributed by atoms with Crippen molar-refractivity contribution in [3.8, 4) is 0 Å². The molecule has 0 spiro atoms. The van der Waals surface area contributed by atoms with Gasteiger partial charge in [-0.05, 0) is 98.7 Å². The van der Waals surface area contributed by atoms with Crippen molar-refractivity contribution in [3.05, 3.63) is 0 Å². The van der Waals surface area contributed by atoms with E-state index in [1.54, 1.807) is 32.1 Å². The second-order valence-electron chi connectivity index (χ2n) is 11.7. The van der Waals surface area contributed by atoms with Crippen LogP contribution in [0.4, 0.5) is 0 Å². The molecule has 3 saturated carbocycles. The van der Waals surface area contributed by atoms with E-state index < -0.39 is 0 Å². The van der Waals surface area contributed by atoms with Crippen LogP contribution in [-0.2, 0) is 0 Å². The van der Waals surface area contributed by atoms with Gasteiger partial charge in [0, 0.05) is 6.61 Å². The molecule has 3 aliphatic carbocycles. The SMILES string of the molecule is CCCC1CCC(C2CCC(C3CCC(CCCCO)CC3CC)CC2CC)CC1. The summed E-state index contributed by atoms with van der Waals surface area (Å²) in [4.78, 5) is 0. The van der Waals surface area contributed by atoms with Gasteiger partial charge in [-0.2, -0.15) is 0 Å². The smallest absolute Gasteiger partial charge is 0.0431 e. The molecule has 1 N–H and O–H groups in total. The fourth-order valence-electron chi connectivity index (χ4n) is 8.40. The topological polar surface area (TPSA) is 20.2 Å². The van der Waals surface area contributed by atoms with Gasteiger partial charge in [-0.25, -0.2) is 0 Å². The fourth-order valence-corrected chi connectivity index (χ4v) is 8.40. The molecule has 3 fully saturated rings. The summed E-state index contributed by atoms with van der Waals surface area (Å²) >= 11 is 0. The van der Waals surface area contributed by atoms with Crippen molar-refractivity contribution < 1.29 is 5.11 Å². The Balaban J connectivity index is 1.50. The molecule has 0 aliphatic heterocycles. The first-order valence-corrected chi connectivity index (χ1v) is 14.3. The van der Waals surface area contributed by atoms with E-state index >= 15 is 0 Å². The third kappa shape index (κ3) is 6.49. The molecule has 0 radical (unpaired) electrons. The average molecular weight is 419 g/mol. The zero-order valence-corrected chi connectivity index (χ0v) is 20.8. The summed E-state index contributed by atoms with van der Waals surface area (Å²) in [6.07, 6.45) is 24.6. The number of aliphatic hydroxyl groups excluding tert-OH is 1. The highest BCUT2D eigenvalue weighted by molar-refractivity contribution is 4.91. The van der Waals surface area contributed by atoms with Crippen molar-refractivity contribution in [2.45, 2.75) is 130 Å². The van der Waals surface area contributed by atoms with Crippen molar-refractivity contribution in [2.75, 3.05) is 6.61 Å². The molecular weight excluding hydrogens is 364 g/mol. The van der Waals surface area contributed by atoms with Gasteiger partial charge < -0.3 is 5.11 Å². The number of rotatable bonds is 10. The molecule has 6 atom stereocenters. The second kappa shape index (κ2) is 12.9. The molecule has 0 heterocycles. The summed E-state index contributed by atoms with van der Waals surface area (Å²) in [6, 6.07) is 0. The van der Waals surface area contributed by atoms with Crippen LogP contribution in [0.5, 0.6) is 0 Å². The van der Waals surface area contributed by atoms with Crippen molar-refractivity contribution in [2.24, 2.45) is 47.3 Å². The van der Waals surface area contributed by atoms with Gasteiger partial charge in [0.05, 0.1) is 0 Å². The second-order valence-corrected chi connectivity index (χ2v) is 11.7. The Hall–Kier alpha value is -0.0400. The minimum Gasteiger partial charge on any atom is -0.396 e. The maximum absolute atomic E-state index is 9.11. The average Bonchev–Trinajstić information content (AvgIpc) is 2.79. The molecule has 0 saturated heterocycles. The summed E-state index contributed by atoms with van der Waals surface area (Å²) in [7, 11) is 0. The van der Waals surface area contributed by atoms with Crippen LogP contribution in [0.15, 0.2) is 0 Å². The molecule has 3 rings (SSSR count). The third-order valence-corrected chi connectivity index (χ3v) is 10.1. The Morgan fingerprint density at radius 2 is 1.20 bits per heavy atom. The van der Waals surface area contributed by atoms with Crippen LogP contribution < -0.4 is 0 Å². The standard InChI is InChI=1S/C29H54O/c1-4-9-22-11-14-26(15-12-22)28-18-16-27(21-25(28)6-3)29-17-13-23(10-7-8-19-30)20-24(29)5-2/h22-30H,4-21H2,1-3H3. The molecule has 0 aromatic heterocycles. The van der Waals surface area contributed by atoms with E-state index in [9.17, 15) is 0 Å². The lowest BCUT2D eigenvalue weighted by molar-refractivity contribution is 0.0287. The van der Waals surface area contributed by atoms with Gasteiger partial charge in [0.15, 0.2) is 0 Å². The monoisotopic (exact) mass is 418 g/mol. The van der Waals surface area contributed by atoms with Crippen LogP contribution in [0.3, 0.4) is 0 Å². The molecule has 0 bridgehead atoms. The lowest BCUT2D eigenvalue weighted by atomic mass is 9.58. The molecule has 1 nitrogen and oxygen atoms in total. The molecule has 0 amide bonds. The fraction of sp³-hybridized carbons (Fsp3) is 1.00. The summed E-state index contributed by atoms with van der Waals surface area (Å²) in [6.45, 7) is 7.71. The third-order valence-electron chi connectivity index (χ3n) is 10.1. The molecule has 1 heteroatoms. The highest BCUT2D eigenvalue weighted by atomic mass is 16.2. The van der Waals surface area contributed by atoms with Gasteiger partial charge in [-0.1, -0.05) is 78.6 Å². The zero-order valence-electron chi connectivity index (χ0n) is 20.8. The van der Waals surface area contributed by atoms with Crippen LogP contribution in [0.2, 0.25) is 0 Å². The van der Waals surface area contributed by atoms with E-state index in [0.29, 0.717) is 6.61 Å². The van der Waals surface area contributed by atoms with Crippen LogP contribution >= 0.6 is 0 Å². The van der Waals surface area contributed by atoms with Crippen LogP contribution in [0.25, 0.3) is 0 Å². The number of unbranched alkanes of at least 4 members (excludes halogenated alkanes) is 1. The van der Waals surface area contributed by atoms with Crippen molar-refractivity contribution in [1.29, 1.82) is 0 Å². The van der Waals surface area contributed by atoms with E-state index in [-0.39, 0.29) is 0 Å². The Bertz CT molecular complexity index is 451. The molecule has 0 aromatic rings. The first-order chi connectivity index (χ1) is 14.7. The van der Waals surface area contributed by atoms with Crippen molar-refractivity contribution in [3.63, 3.8) is 0 Å². The predicted molar refractivity (Wildman–Crippen MR) is 131 cm³/mol. The first-order valence-electron chi connectivity index (χ1n) is 14.3. The first kappa shape index (κ1) is 24.6. The molecule has 0 aromatic carbocycles. The maximum Gasteiger partial charge on any atom is 0.0431 e. The van der Waals surface area contributed by atoms with Crippen LogP contribution in [-0.4, -0.2) is 11.7 Å². The van der Waals surface area contributed by atoms with Gasteiger partial charge in [0.2, 0.25) is 0 Å². The van der Waals surface area contributed by atoms with Gasteiger partial charge in [0.25, 0.3) is 0 Å². The minimum atomic E-state index is 0.383. The molecule has 176 valence electrons. The Morgan fingerprint density at radius 3 is 1.87 bits per heavy atom. The quantitative estimate of drug-likeness (QED) is 0.352. The summed E-state index contributed by atoms with van der Waals surface area (Å²) in [5.41, 5.74) is 0. The maximum atomic E-state index is 9.11. The van der Waals surface area contributed by atoms with Gasteiger partial charge in [-0.15, -0.1) is 0 Å². The Kier molecular flexibility index (Phi) is 10.5. The summed E-state index contributed by atoms with van der Waals surface area (Å²) in [5.74, 6) is 8.20. The van der Waals surface area contributed by atoms with Crippen LogP contribution in [0, 0.1) is 47.3 Å². The number of hydrogen-bond donors (Lipinski definition) is 1. The molecule has 6 unspecified atom stereocenters. The van der Waals surface area contributed by atoms with E-state index in [4.69, 9.17) is 5.11 Å². The minimum absolute atomic E-state index is 0.383. The highest BCUT2D eigenvalue weighted by Crippen LogP contribution is 2.51. The lowest BCUT2D eigenvalue weighted by Crippen LogP contribution is -2.38. The van der Waals surface area contributed by atoms with Crippen LogP contribution in [0.1, 0.15) is 130 Å². The lowest BCUT2D eigenvalue weighted by Gasteiger charge is -2.47. The number of aliphatic hydroxyl groups is 1.